The fourth-order valence-electron chi connectivity index (χ4n) is 5.51. The maximum absolute atomic E-state index is 12.0. The molecule has 1 saturated heterocycles. The molecule has 0 aromatic rings. The van der Waals surface area contributed by atoms with Gasteiger partial charge in [-0.1, -0.05) is 117 Å². The Morgan fingerprint density at radius 1 is 0.692 bits per heavy atom. The van der Waals surface area contributed by atoms with E-state index in [0.717, 1.165) is 45.1 Å². The summed E-state index contributed by atoms with van der Waals surface area (Å²) in [6.07, 6.45) is 22.8. The van der Waals surface area contributed by atoms with Gasteiger partial charge in [-0.05, 0) is 32.2 Å². The van der Waals surface area contributed by atoms with Gasteiger partial charge in [-0.2, -0.15) is 0 Å². The van der Waals surface area contributed by atoms with Crippen molar-refractivity contribution in [1.29, 1.82) is 0 Å². The zero-order chi connectivity index (χ0) is 28.6. The van der Waals surface area contributed by atoms with Gasteiger partial charge in [0.1, 0.15) is 0 Å². The molecule has 0 bridgehead atoms. The van der Waals surface area contributed by atoms with Crippen LogP contribution in [0.25, 0.3) is 0 Å². The molecule has 2 amide bonds. The third kappa shape index (κ3) is 20.4. The first kappa shape index (κ1) is 35.8. The predicted molar refractivity (Wildman–Crippen MR) is 162 cm³/mol. The summed E-state index contributed by atoms with van der Waals surface area (Å²) in [5.41, 5.74) is 0. The van der Waals surface area contributed by atoms with E-state index in [9.17, 15) is 19.8 Å². The average molecular weight is 554 g/mol. The zero-order valence-corrected chi connectivity index (χ0v) is 25.6. The molecule has 0 aromatic carbocycles. The normalized spacial score (nSPS) is 15.7. The van der Waals surface area contributed by atoms with Crippen LogP contribution in [0.3, 0.4) is 0 Å². The van der Waals surface area contributed by atoms with Crippen molar-refractivity contribution >= 4 is 11.8 Å². The summed E-state index contributed by atoms with van der Waals surface area (Å²) in [5.74, 6) is -0.114. The van der Waals surface area contributed by atoms with Crippen LogP contribution in [-0.4, -0.2) is 83.3 Å². The van der Waals surface area contributed by atoms with Gasteiger partial charge in [-0.25, -0.2) is 0 Å². The van der Waals surface area contributed by atoms with Crippen LogP contribution >= 0.6 is 0 Å². The highest BCUT2D eigenvalue weighted by Crippen LogP contribution is 2.14. The number of aliphatic hydroxyl groups excluding tert-OH is 2. The van der Waals surface area contributed by atoms with Gasteiger partial charge < -0.3 is 20.4 Å². The van der Waals surface area contributed by atoms with Crippen LogP contribution < -0.4 is 5.32 Å². The molecule has 1 heterocycles. The van der Waals surface area contributed by atoms with E-state index in [-0.39, 0.29) is 37.1 Å². The number of carbonyl (C=O) groups excluding carboxylic acids is 2. The number of aliphatic hydroxyl groups is 2. The first-order valence-corrected chi connectivity index (χ1v) is 16.6. The molecule has 230 valence electrons. The molecule has 0 saturated carbocycles. The summed E-state index contributed by atoms with van der Waals surface area (Å²) in [7, 11) is 0. The van der Waals surface area contributed by atoms with Crippen LogP contribution in [0, 0.1) is 0 Å². The molecular formula is C32H63N3O4. The Labute approximate surface area is 240 Å². The van der Waals surface area contributed by atoms with Gasteiger partial charge in [0.2, 0.25) is 11.8 Å². The van der Waals surface area contributed by atoms with Gasteiger partial charge in [0.05, 0.1) is 25.3 Å². The van der Waals surface area contributed by atoms with Gasteiger partial charge in [0.25, 0.3) is 0 Å². The maximum atomic E-state index is 12.0. The molecule has 1 rings (SSSR count). The van der Waals surface area contributed by atoms with Crippen molar-refractivity contribution in [2.45, 2.75) is 154 Å². The molecule has 0 spiro atoms. The minimum atomic E-state index is -0.368. The highest BCUT2D eigenvalue weighted by Gasteiger charge is 2.22. The van der Waals surface area contributed by atoms with Crippen LogP contribution in [0.1, 0.15) is 142 Å². The number of nitrogens with zero attached hydrogens (tertiary/aromatic N) is 2. The van der Waals surface area contributed by atoms with Crippen LogP contribution in [0.2, 0.25) is 0 Å². The van der Waals surface area contributed by atoms with Gasteiger partial charge in [-0.15, -0.1) is 0 Å². The molecule has 2 unspecified atom stereocenters. The second kappa shape index (κ2) is 24.6. The number of amides is 2. The highest BCUT2D eigenvalue weighted by molar-refractivity contribution is 5.92. The second-order valence-corrected chi connectivity index (χ2v) is 11.9. The van der Waals surface area contributed by atoms with Crippen molar-refractivity contribution in [3.8, 4) is 0 Å². The minimum absolute atomic E-state index is 0.0203. The zero-order valence-electron chi connectivity index (χ0n) is 25.6. The number of hydrogen-bond acceptors (Lipinski definition) is 5. The molecule has 0 aliphatic carbocycles. The molecule has 3 N–H and O–H groups in total. The highest BCUT2D eigenvalue weighted by atomic mass is 16.3. The molecule has 2 atom stereocenters. The van der Waals surface area contributed by atoms with E-state index >= 15 is 0 Å². The van der Waals surface area contributed by atoms with Gasteiger partial charge in [0.15, 0.2) is 0 Å². The Hall–Kier alpha value is -1.18. The molecule has 39 heavy (non-hydrogen) atoms. The van der Waals surface area contributed by atoms with Crippen LogP contribution in [-0.2, 0) is 9.59 Å². The smallest absolute Gasteiger partial charge is 0.242 e. The topological polar surface area (TPSA) is 93.1 Å². The van der Waals surface area contributed by atoms with E-state index in [1.54, 1.807) is 4.90 Å². The lowest BCUT2D eigenvalue weighted by Crippen LogP contribution is -2.51. The Morgan fingerprint density at radius 3 is 1.64 bits per heavy atom. The summed E-state index contributed by atoms with van der Waals surface area (Å²) in [5, 5.41) is 24.1. The van der Waals surface area contributed by atoms with E-state index in [4.69, 9.17) is 0 Å². The largest absolute Gasteiger partial charge is 0.392 e. The quantitative estimate of drug-likeness (QED) is 0.112. The third-order valence-corrected chi connectivity index (χ3v) is 8.00. The molecule has 7 heteroatoms. The molecule has 0 radical (unpaired) electrons. The van der Waals surface area contributed by atoms with Crippen LogP contribution in [0.15, 0.2) is 0 Å². The lowest BCUT2D eigenvalue weighted by atomic mass is 10.0. The lowest BCUT2D eigenvalue weighted by Gasteiger charge is -2.29. The van der Waals surface area contributed by atoms with E-state index in [0.29, 0.717) is 19.6 Å². The van der Waals surface area contributed by atoms with Gasteiger partial charge in [0, 0.05) is 19.6 Å². The van der Waals surface area contributed by atoms with Crippen LogP contribution in [0.4, 0.5) is 0 Å². The Balaban J connectivity index is 2.35. The fraction of sp³-hybridized carbons (Fsp3) is 0.938. The number of piperazine rings is 1. The second-order valence-electron chi connectivity index (χ2n) is 11.9. The van der Waals surface area contributed by atoms with E-state index < -0.39 is 0 Å². The molecular weight excluding hydrogens is 490 g/mol. The molecule has 0 aromatic heterocycles. The van der Waals surface area contributed by atoms with Crippen molar-refractivity contribution < 1.29 is 19.8 Å². The minimum Gasteiger partial charge on any atom is -0.392 e. The molecule has 1 aliphatic heterocycles. The maximum Gasteiger partial charge on any atom is 0.242 e. The van der Waals surface area contributed by atoms with Crippen molar-refractivity contribution in [1.82, 2.24) is 15.1 Å². The Bertz CT molecular complexity index is 576. The molecule has 1 fully saturated rings. The summed E-state index contributed by atoms with van der Waals surface area (Å²) in [6.45, 7) is 7.30. The van der Waals surface area contributed by atoms with Crippen LogP contribution in [0.5, 0.6) is 0 Å². The summed E-state index contributed by atoms with van der Waals surface area (Å²) >= 11 is 0. The first-order chi connectivity index (χ1) is 19.0. The van der Waals surface area contributed by atoms with Gasteiger partial charge in [-0.3, -0.25) is 14.5 Å². The fourth-order valence-corrected chi connectivity index (χ4v) is 5.51. The predicted octanol–water partition coefficient (Wildman–Crippen LogP) is 5.81. The average Bonchev–Trinajstić information content (AvgIpc) is 2.91. The summed E-state index contributed by atoms with van der Waals surface area (Å²) < 4.78 is 0. The number of unbranched alkanes of at least 4 members (excludes halogenated alkanes) is 15. The third-order valence-electron chi connectivity index (χ3n) is 8.00. The number of carbonyl (C=O) groups is 2. The summed E-state index contributed by atoms with van der Waals surface area (Å²) in [6, 6.07) is 0. The Morgan fingerprint density at radius 2 is 1.15 bits per heavy atom. The van der Waals surface area contributed by atoms with Crippen molar-refractivity contribution in [3.63, 3.8) is 0 Å². The van der Waals surface area contributed by atoms with E-state index in [2.05, 4.69) is 24.1 Å². The number of nitrogens with one attached hydrogen (secondary N) is 1. The summed E-state index contributed by atoms with van der Waals surface area (Å²) in [4.78, 5) is 27.5. The Kier molecular flexibility index (Phi) is 22.6. The number of rotatable bonds is 27. The van der Waals surface area contributed by atoms with Crippen molar-refractivity contribution in [2.75, 3.05) is 39.3 Å². The SMILES string of the molecule is CCCCCCCCCCC(O)CN(CCCCN1CC(=O)NCC1=O)CC(O)CCCCCCCCCC. The number of hydrogen-bond donors (Lipinski definition) is 3. The monoisotopic (exact) mass is 553 g/mol. The van der Waals surface area contributed by atoms with Crippen molar-refractivity contribution in [2.24, 2.45) is 0 Å². The molecule has 7 nitrogen and oxygen atoms in total. The first-order valence-electron chi connectivity index (χ1n) is 16.6. The van der Waals surface area contributed by atoms with Crippen molar-refractivity contribution in [3.05, 3.63) is 0 Å². The van der Waals surface area contributed by atoms with E-state index in [1.165, 1.54) is 89.9 Å². The standard InChI is InChI=1S/C32H63N3O4/c1-3-5-7-9-11-13-15-17-21-29(36)26-34(23-19-20-24-35-28-31(38)33-25-32(35)39)27-30(37)22-18-16-14-12-10-8-6-4-2/h29-30,36-37H,3-28H2,1-2H3,(H,33,38). The molecule has 1 aliphatic rings. The van der Waals surface area contributed by atoms with E-state index in [1.807, 2.05) is 0 Å². The van der Waals surface area contributed by atoms with Gasteiger partial charge >= 0.3 is 0 Å². The lowest BCUT2D eigenvalue weighted by molar-refractivity contribution is -0.140.